The summed E-state index contributed by atoms with van der Waals surface area (Å²) < 4.78 is 0. The van der Waals surface area contributed by atoms with Gasteiger partial charge in [-0.2, -0.15) is 0 Å². The summed E-state index contributed by atoms with van der Waals surface area (Å²) in [4.78, 5) is 5.34. The molecule has 3 unspecified atom stereocenters. The summed E-state index contributed by atoms with van der Waals surface area (Å²) in [6, 6.07) is 1.65. The van der Waals surface area contributed by atoms with Gasteiger partial charge in [0.15, 0.2) is 0 Å². The Morgan fingerprint density at radius 3 is 2.72 bits per heavy atom. The first-order valence-corrected chi connectivity index (χ1v) is 8.03. The second kappa shape index (κ2) is 5.89. The topological polar surface area (TPSA) is 18.5 Å². The van der Waals surface area contributed by atoms with Crippen molar-refractivity contribution in [1.29, 1.82) is 0 Å². The normalized spacial score (nSPS) is 35.2. The van der Waals surface area contributed by atoms with E-state index in [4.69, 9.17) is 0 Å². The molecule has 3 saturated heterocycles. The van der Waals surface area contributed by atoms with Crippen molar-refractivity contribution in [2.24, 2.45) is 5.92 Å². The molecule has 0 aromatic heterocycles. The number of rotatable bonds is 5. The Labute approximate surface area is 112 Å². The van der Waals surface area contributed by atoms with Crippen LogP contribution in [0.3, 0.4) is 0 Å². The second-order valence-electron chi connectivity index (χ2n) is 6.66. The molecular formula is C15H29N3. The third-order valence-corrected chi connectivity index (χ3v) is 5.10. The highest BCUT2D eigenvalue weighted by molar-refractivity contribution is 4.95. The maximum absolute atomic E-state index is 3.86. The first-order valence-electron chi connectivity index (χ1n) is 8.03. The van der Waals surface area contributed by atoms with E-state index in [2.05, 4.69) is 22.0 Å². The summed E-state index contributed by atoms with van der Waals surface area (Å²) in [6.45, 7) is 10.3. The van der Waals surface area contributed by atoms with Crippen molar-refractivity contribution in [3.8, 4) is 0 Å². The van der Waals surface area contributed by atoms with Crippen LogP contribution in [0.15, 0.2) is 0 Å². The fourth-order valence-electron chi connectivity index (χ4n) is 4.14. The summed E-state index contributed by atoms with van der Waals surface area (Å²) in [7, 11) is 0. The van der Waals surface area contributed by atoms with Crippen LogP contribution in [-0.4, -0.2) is 61.2 Å². The molecule has 3 aliphatic rings. The van der Waals surface area contributed by atoms with Gasteiger partial charge in [0.2, 0.25) is 0 Å². The maximum atomic E-state index is 3.86. The van der Waals surface area contributed by atoms with E-state index in [-0.39, 0.29) is 0 Å². The van der Waals surface area contributed by atoms with Crippen LogP contribution in [0.5, 0.6) is 0 Å². The van der Waals surface area contributed by atoms with Crippen LogP contribution in [-0.2, 0) is 0 Å². The van der Waals surface area contributed by atoms with Crippen molar-refractivity contribution in [2.75, 3.05) is 39.3 Å². The molecule has 3 nitrogen and oxygen atoms in total. The zero-order valence-corrected chi connectivity index (χ0v) is 11.9. The molecule has 3 aliphatic heterocycles. The first kappa shape index (κ1) is 12.9. The van der Waals surface area contributed by atoms with Crippen LogP contribution < -0.4 is 5.32 Å². The summed E-state index contributed by atoms with van der Waals surface area (Å²) in [5.74, 6) is 0.804. The van der Waals surface area contributed by atoms with Gasteiger partial charge in [0, 0.05) is 25.2 Å². The molecule has 3 rings (SSSR count). The molecule has 0 spiro atoms. The summed E-state index contributed by atoms with van der Waals surface area (Å²) in [5, 5.41) is 3.86. The average molecular weight is 251 g/mol. The molecular weight excluding hydrogens is 222 g/mol. The van der Waals surface area contributed by atoms with Gasteiger partial charge in [-0.1, -0.05) is 6.92 Å². The number of nitrogens with zero attached hydrogens (tertiary/aromatic N) is 2. The molecule has 3 fully saturated rings. The predicted molar refractivity (Wildman–Crippen MR) is 75.8 cm³/mol. The first-order chi connectivity index (χ1) is 8.83. The number of fused-ring (bicyclic) bond motifs is 1. The highest BCUT2D eigenvalue weighted by Crippen LogP contribution is 2.27. The van der Waals surface area contributed by atoms with Crippen molar-refractivity contribution in [2.45, 2.75) is 51.1 Å². The molecule has 0 amide bonds. The van der Waals surface area contributed by atoms with Gasteiger partial charge in [0.1, 0.15) is 0 Å². The number of likely N-dealkylation sites (tertiary alicyclic amines) is 1. The second-order valence-corrected chi connectivity index (χ2v) is 6.66. The Balaban J connectivity index is 1.38. The lowest BCUT2D eigenvalue weighted by Gasteiger charge is -2.25. The minimum absolute atomic E-state index is 0.786. The van der Waals surface area contributed by atoms with Crippen LogP contribution in [0.25, 0.3) is 0 Å². The monoisotopic (exact) mass is 251 g/mol. The van der Waals surface area contributed by atoms with E-state index in [0.717, 1.165) is 18.0 Å². The molecule has 1 N–H and O–H groups in total. The molecule has 0 bridgehead atoms. The molecule has 0 aliphatic carbocycles. The fourth-order valence-corrected chi connectivity index (χ4v) is 4.14. The molecule has 3 heteroatoms. The minimum atomic E-state index is 0.786. The van der Waals surface area contributed by atoms with Gasteiger partial charge in [-0.25, -0.2) is 0 Å². The van der Waals surface area contributed by atoms with Gasteiger partial charge in [0.25, 0.3) is 0 Å². The van der Waals surface area contributed by atoms with Crippen LogP contribution in [0.1, 0.15) is 39.0 Å². The zero-order valence-electron chi connectivity index (χ0n) is 11.9. The Morgan fingerprint density at radius 2 is 1.89 bits per heavy atom. The van der Waals surface area contributed by atoms with Crippen molar-refractivity contribution < 1.29 is 0 Å². The van der Waals surface area contributed by atoms with E-state index < -0.39 is 0 Å². The molecule has 104 valence electrons. The fraction of sp³-hybridized carbons (Fsp3) is 1.00. The van der Waals surface area contributed by atoms with Crippen molar-refractivity contribution >= 4 is 0 Å². The van der Waals surface area contributed by atoms with E-state index in [1.807, 2.05) is 0 Å². The number of hydrogen-bond donors (Lipinski definition) is 1. The number of nitrogens with one attached hydrogen (secondary N) is 1. The maximum Gasteiger partial charge on any atom is 0.0250 e. The molecule has 3 atom stereocenters. The largest absolute Gasteiger partial charge is 0.312 e. The van der Waals surface area contributed by atoms with Gasteiger partial charge in [-0.3, -0.25) is 4.90 Å². The molecule has 0 radical (unpaired) electrons. The molecule has 0 aromatic rings. The summed E-state index contributed by atoms with van der Waals surface area (Å²) in [5.41, 5.74) is 0. The van der Waals surface area contributed by atoms with Crippen LogP contribution in [0.4, 0.5) is 0 Å². The van der Waals surface area contributed by atoms with E-state index in [1.165, 1.54) is 71.4 Å². The van der Waals surface area contributed by atoms with E-state index in [0.29, 0.717) is 0 Å². The Kier molecular flexibility index (Phi) is 4.22. The summed E-state index contributed by atoms with van der Waals surface area (Å²) >= 11 is 0. The van der Waals surface area contributed by atoms with Gasteiger partial charge in [-0.15, -0.1) is 0 Å². The van der Waals surface area contributed by atoms with Gasteiger partial charge >= 0.3 is 0 Å². The van der Waals surface area contributed by atoms with Gasteiger partial charge < -0.3 is 10.2 Å². The van der Waals surface area contributed by atoms with Gasteiger partial charge in [0.05, 0.1) is 0 Å². The lowest BCUT2D eigenvalue weighted by Crippen LogP contribution is -2.42. The average Bonchev–Trinajstić information content (AvgIpc) is 3.03. The Bertz CT molecular complexity index is 262. The van der Waals surface area contributed by atoms with E-state index in [9.17, 15) is 0 Å². The molecule has 3 heterocycles. The summed E-state index contributed by atoms with van der Waals surface area (Å²) in [6.07, 6.45) is 7.06. The van der Waals surface area contributed by atoms with Gasteiger partial charge in [-0.05, 0) is 64.2 Å². The zero-order chi connectivity index (χ0) is 12.4. The Hall–Kier alpha value is -0.120. The molecule has 0 saturated carbocycles. The SMILES string of the molecule is CC(CNC1CCN2CCCC12)CN1CCCC1. The molecule has 0 aromatic carbocycles. The quantitative estimate of drug-likeness (QED) is 0.800. The van der Waals surface area contributed by atoms with Crippen LogP contribution in [0.2, 0.25) is 0 Å². The van der Waals surface area contributed by atoms with Crippen molar-refractivity contribution in [3.63, 3.8) is 0 Å². The predicted octanol–water partition coefficient (Wildman–Crippen LogP) is 1.54. The van der Waals surface area contributed by atoms with Crippen LogP contribution >= 0.6 is 0 Å². The highest BCUT2D eigenvalue weighted by Gasteiger charge is 2.36. The minimum Gasteiger partial charge on any atom is -0.312 e. The third kappa shape index (κ3) is 2.89. The standard InChI is InChI=1S/C15H29N3/c1-13(12-17-7-2-3-8-17)11-16-14-6-10-18-9-4-5-15(14)18/h13-16H,2-12H2,1H3. The van der Waals surface area contributed by atoms with Crippen molar-refractivity contribution in [1.82, 2.24) is 15.1 Å². The van der Waals surface area contributed by atoms with E-state index >= 15 is 0 Å². The lowest BCUT2D eigenvalue weighted by molar-refractivity contribution is 0.263. The highest BCUT2D eigenvalue weighted by atomic mass is 15.2. The third-order valence-electron chi connectivity index (χ3n) is 5.10. The lowest BCUT2D eigenvalue weighted by atomic mass is 10.1. The Morgan fingerprint density at radius 1 is 1.06 bits per heavy atom. The van der Waals surface area contributed by atoms with E-state index in [1.54, 1.807) is 0 Å². The van der Waals surface area contributed by atoms with Crippen LogP contribution in [0, 0.1) is 5.92 Å². The molecule has 18 heavy (non-hydrogen) atoms. The number of hydrogen-bond acceptors (Lipinski definition) is 3. The smallest absolute Gasteiger partial charge is 0.0250 e. The van der Waals surface area contributed by atoms with Crippen molar-refractivity contribution in [3.05, 3.63) is 0 Å².